The topological polar surface area (TPSA) is 67.5 Å². The van der Waals surface area contributed by atoms with Gasteiger partial charge >= 0.3 is 6.18 Å². The summed E-state index contributed by atoms with van der Waals surface area (Å²) in [6.07, 6.45) is -4.36. The van der Waals surface area contributed by atoms with E-state index in [0.29, 0.717) is 41.3 Å². The molecule has 1 aromatic heterocycles. The number of H-pyrrole nitrogens is 1. The first-order chi connectivity index (χ1) is 13.7. The molecule has 1 heterocycles. The average molecular weight is 407 g/mol. The summed E-state index contributed by atoms with van der Waals surface area (Å²) in [5.41, 5.74) is 0.182. The number of benzene rings is 2. The predicted molar refractivity (Wildman–Crippen MR) is 102 cm³/mol. The molecule has 29 heavy (non-hydrogen) atoms. The van der Waals surface area contributed by atoms with Crippen LogP contribution in [0.5, 0.6) is 11.5 Å². The second-order valence-corrected chi connectivity index (χ2v) is 6.60. The maximum Gasteiger partial charge on any atom is 0.416 e. The number of ether oxygens (including phenoxy) is 2. The lowest BCUT2D eigenvalue weighted by Gasteiger charge is -2.17. The van der Waals surface area contributed by atoms with Crippen LogP contribution >= 0.6 is 0 Å². The maximum atomic E-state index is 12.7. The quantitative estimate of drug-likeness (QED) is 0.677. The van der Waals surface area contributed by atoms with Gasteiger partial charge in [0.1, 0.15) is 5.82 Å². The zero-order valence-corrected chi connectivity index (χ0v) is 16.1. The number of halogens is 3. The van der Waals surface area contributed by atoms with E-state index in [1.165, 1.54) is 26.4 Å². The molecule has 0 atom stereocenters. The Morgan fingerprint density at radius 3 is 2.24 bits per heavy atom. The zero-order chi connectivity index (χ0) is 21.2. The van der Waals surface area contributed by atoms with Gasteiger partial charge in [-0.15, -0.1) is 0 Å². The van der Waals surface area contributed by atoms with Crippen molar-refractivity contribution in [2.24, 2.45) is 0 Å². The number of aromatic amines is 1. The number of nitrogens with zero attached hydrogens (tertiary/aromatic N) is 2. The van der Waals surface area contributed by atoms with Gasteiger partial charge in [0.15, 0.2) is 11.5 Å². The fourth-order valence-electron chi connectivity index (χ4n) is 3.01. The summed E-state index contributed by atoms with van der Waals surface area (Å²) in [6, 6.07) is 8.18. The van der Waals surface area contributed by atoms with Crippen molar-refractivity contribution in [3.63, 3.8) is 0 Å². The first kappa shape index (κ1) is 20.7. The summed E-state index contributed by atoms with van der Waals surface area (Å²) in [4.78, 5) is 21.5. The van der Waals surface area contributed by atoms with Gasteiger partial charge in [0.25, 0.3) is 5.56 Å². The van der Waals surface area contributed by atoms with Crippen LogP contribution in [0.15, 0.2) is 41.2 Å². The molecular formula is C20H20F3N3O3. The summed E-state index contributed by atoms with van der Waals surface area (Å²) in [5, 5.41) is 0.372. The van der Waals surface area contributed by atoms with E-state index in [1.807, 2.05) is 4.90 Å². The van der Waals surface area contributed by atoms with Crippen LogP contribution in [0.25, 0.3) is 10.9 Å². The molecule has 0 amide bonds. The number of hydrogen-bond donors (Lipinski definition) is 1. The second kappa shape index (κ2) is 8.12. The van der Waals surface area contributed by atoms with Gasteiger partial charge in [-0.25, -0.2) is 4.98 Å². The van der Waals surface area contributed by atoms with Crippen molar-refractivity contribution in [3.05, 3.63) is 63.7 Å². The number of aromatic nitrogens is 2. The fourth-order valence-corrected chi connectivity index (χ4v) is 3.01. The number of rotatable bonds is 6. The smallest absolute Gasteiger partial charge is 0.416 e. The number of methoxy groups -OCH3 is 2. The Morgan fingerprint density at radius 1 is 1.03 bits per heavy atom. The highest BCUT2D eigenvalue weighted by Gasteiger charge is 2.29. The first-order valence-corrected chi connectivity index (χ1v) is 8.71. The molecule has 2 aromatic carbocycles. The molecule has 0 fully saturated rings. The highest BCUT2D eigenvalue weighted by molar-refractivity contribution is 5.81. The maximum absolute atomic E-state index is 12.7. The summed E-state index contributed by atoms with van der Waals surface area (Å²) in [5.74, 6) is 1.32. The average Bonchev–Trinajstić information content (AvgIpc) is 2.66. The number of nitrogens with one attached hydrogen (secondary N) is 1. The predicted octanol–water partition coefficient (Wildman–Crippen LogP) is 3.59. The molecule has 0 unspecified atom stereocenters. The van der Waals surface area contributed by atoms with Crippen molar-refractivity contribution in [1.82, 2.24) is 14.9 Å². The highest BCUT2D eigenvalue weighted by atomic mass is 19.4. The Hall–Kier alpha value is -3.07. The molecule has 154 valence electrons. The summed E-state index contributed by atoms with van der Waals surface area (Å²) in [6.45, 7) is 0.701. The van der Waals surface area contributed by atoms with Crippen LogP contribution in [-0.4, -0.2) is 36.1 Å². The molecule has 3 aromatic rings. The molecule has 0 radical (unpaired) electrons. The van der Waals surface area contributed by atoms with Crippen molar-refractivity contribution in [1.29, 1.82) is 0 Å². The van der Waals surface area contributed by atoms with Crippen LogP contribution in [0.4, 0.5) is 13.2 Å². The minimum absolute atomic E-state index is 0.306. The van der Waals surface area contributed by atoms with E-state index < -0.39 is 11.7 Å². The molecule has 9 heteroatoms. The van der Waals surface area contributed by atoms with Gasteiger partial charge in [0.05, 0.1) is 37.2 Å². The van der Waals surface area contributed by atoms with E-state index >= 15 is 0 Å². The Balaban J connectivity index is 1.79. The van der Waals surface area contributed by atoms with Gasteiger partial charge in [-0.2, -0.15) is 13.2 Å². The van der Waals surface area contributed by atoms with E-state index in [1.54, 1.807) is 19.2 Å². The van der Waals surface area contributed by atoms with E-state index in [2.05, 4.69) is 9.97 Å². The lowest BCUT2D eigenvalue weighted by Crippen LogP contribution is -2.22. The third-order valence-corrected chi connectivity index (χ3v) is 4.41. The number of fused-ring (bicyclic) bond motifs is 1. The molecule has 6 nitrogen and oxygen atoms in total. The van der Waals surface area contributed by atoms with Gasteiger partial charge in [0.2, 0.25) is 0 Å². The number of hydrogen-bond acceptors (Lipinski definition) is 5. The highest BCUT2D eigenvalue weighted by Crippen LogP contribution is 2.30. The minimum Gasteiger partial charge on any atom is -0.493 e. The van der Waals surface area contributed by atoms with E-state index in [-0.39, 0.29) is 5.56 Å². The fraction of sp³-hybridized carbons (Fsp3) is 0.300. The summed E-state index contributed by atoms with van der Waals surface area (Å²) >= 11 is 0. The van der Waals surface area contributed by atoms with Crippen LogP contribution in [0.2, 0.25) is 0 Å². The van der Waals surface area contributed by atoms with Crippen LogP contribution in [0.1, 0.15) is 17.0 Å². The van der Waals surface area contributed by atoms with Crippen LogP contribution in [-0.2, 0) is 19.3 Å². The van der Waals surface area contributed by atoms with Crippen molar-refractivity contribution < 1.29 is 22.6 Å². The molecular weight excluding hydrogens is 387 g/mol. The molecule has 0 aliphatic heterocycles. The Bertz CT molecular complexity index is 1060. The summed E-state index contributed by atoms with van der Waals surface area (Å²) in [7, 11) is 4.77. The van der Waals surface area contributed by atoms with E-state index in [9.17, 15) is 18.0 Å². The van der Waals surface area contributed by atoms with Gasteiger partial charge in [0, 0.05) is 12.6 Å². The van der Waals surface area contributed by atoms with E-state index in [4.69, 9.17) is 9.47 Å². The SMILES string of the molecule is COc1cc2nc(CN(C)Cc3ccc(C(F)(F)F)cc3)[nH]c(=O)c2cc1OC. The minimum atomic E-state index is -4.36. The van der Waals surface area contributed by atoms with Gasteiger partial charge in [-0.05, 0) is 30.8 Å². The normalized spacial score (nSPS) is 11.8. The van der Waals surface area contributed by atoms with Gasteiger partial charge in [-0.1, -0.05) is 12.1 Å². The zero-order valence-electron chi connectivity index (χ0n) is 16.1. The third-order valence-electron chi connectivity index (χ3n) is 4.41. The lowest BCUT2D eigenvalue weighted by molar-refractivity contribution is -0.137. The lowest BCUT2D eigenvalue weighted by atomic mass is 10.1. The van der Waals surface area contributed by atoms with Crippen molar-refractivity contribution in [2.45, 2.75) is 19.3 Å². The second-order valence-electron chi connectivity index (χ2n) is 6.60. The van der Waals surface area contributed by atoms with Gasteiger partial charge in [-0.3, -0.25) is 9.69 Å². The van der Waals surface area contributed by atoms with Crippen LogP contribution in [0, 0.1) is 0 Å². The molecule has 0 bridgehead atoms. The van der Waals surface area contributed by atoms with Crippen LogP contribution < -0.4 is 15.0 Å². The molecule has 1 N–H and O–H groups in total. The van der Waals surface area contributed by atoms with Crippen molar-refractivity contribution >= 4 is 10.9 Å². The largest absolute Gasteiger partial charge is 0.493 e. The first-order valence-electron chi connectivity index (χ1n) is 8.71. The van der Waals surface area contributed by atoms with Gasteiger partial charge < -0.3 is 14.5 Å². The Labute approximate surface area is 164 Å². The van der Waals surface area contributed by atoms with Crippen LogP contribution in [0.3, 0.4) is 0 Å². The molecule has 0 spiro atoms. The monoisotopic (exact) mass is 407 g/mol. The molecule has 0 saturated heterocycles. The molecule has 3 rings (SSSR count). The third kappa shape index (κ3) is 4.68. The van der Waals surface area contributed by atoms with E-state index in [0.717, 1.165) is 17.7 Å². The standard InChI is InChI=1S/C20H20F3N3O3/c1-26(10-12-4-6-13(7-5-12)20(21,22)23)11-18-24-15-9-17(29-3)16(28-2)8-14(15)19(27)25-18/h4-9H,10-11H2,1-3H3,(H,24,25,27). The number of alkyl halides is 3. The molecule has 0 saturated carbocycles. The van der Waals surface area contributed by atoms with Crippen molar-refractivity contribution in [3.8, 4) is 11.5 Å². The Kier molecular flexibility index (Phi) is 5.78. The Morgan fingerprint density at radius 2 is 1.66 bits per heavy atom. The summed E-state index contributed by atoms with van der Waals surface area (Å²) < 4.78 is 48.5. The molecule has 0 aliphatic rings. The molecule has 0 aliphatic carbocycles. The van der Waals surface area contributed by atoms with Crippen molar-refractivity contribution in [2.75, 3.05) is 21.3 Å².